The zero-order chi connectivity index (χ0) is 23.8. The Morgan fingerprint density at radius 2 is 1.39 bits per heavy atom. The van der Waals surface area contributed by atoms with Crippen LogP contribution in [0, 0.1) is 0 Å². The van der Waals surface area contributed by atoms with Crippen LogP contribution < -0.4 is 10.3 Å². The summed E-state index contributed by atoms with van der Waals surface area (Å²) in [6.45, 7) is 0. The molecule has 0 fully saturated rings. The van der Waals surface area contributed by atoms with Crippen molar-refractivity contribution in [3.63, 3.8) is 0 Å². The fourth-order valence-electron chi connectivity index (χ4n) is 3.17. The van der Waals surface area contributed by atoms with Crippen LogP contribution in [0.1, 0.15) is 0 Å². The average molecular weight is 479 g/mol. The quantitative estimate of drug-likeness (QED) is 0.161. The fourth-order valence-corrected chi connectivity index (χ4v) is 3.17. The van der Waals surface area contributed by atoms with Crippen molar-refractivity contribution in [2.75, 3.05) is 19.0 Å². The minimum atomic E-state index is -4.67. The average Bonchev–Trinajstić information content (AvgIpc) is 2.68. The second-order valence-electron chi connectivity index (χ2n) is 7.02. The van der Waals surface area contributed by atoms with Crippen LogP contribution in [0.4, 0.5) is 5.69 Å². The van der Waals surface area contributed by atoms with Gasteiger partial charge in [-0.05, 0) is 29.8 Å². The van der Waals surface area contributed by atoms with E-state index in [9.17, 15) is 20.1 Å². The molecule has 7 N–H and O–H groups in total. The summed E-state index contributed by atoms with van der Waals surface area (Å²) in [5.41, 5.74) is 2.80. The van der Waals surface area contributed by atoms with E-state index >= 15 is 0 Å². The van der Waals surface area contributed by atoms with Crippen molar-refractivity contribution in [1.29, 1.82) is 0 Å². The smallest absolute Gasteiger partial charge is 0.394 e. The number of rotatable bonds is 2. The van der Waals surface area contributed by atoms with E-state index in [1.165, 1.54) is 24.3 Å². The van der Waals surface area contributed by atoms with Gasteiger partial charge in [0.15, 0.2) is 17.2 Å². The van der Waals surface area contributed by atoms with E-state index in [4.69, 9.17) is 21.9 Å². The molecule has 0 atom stereocenters. The monoisotopic (exact) mass is 479 g/mol. The molecule has 2 aromatic carbocycles. The molecular weight excluding hydrogens is 458 g/mol. The molecule has 1 aliphatic heterocycles. The Labute approximate surface area is 187 Å². The van der Waals surface area contributed by atoms with E-state index in [2.05, 4.69) is 0 Å². The number of hydrogen-bond acceptors (Lipinski definition) is 8. The predicted molar refractivity (Wildman–Crippen MR) is 122 cm³/mol. The Kier molecular flexibility index (Phi) is 7.19. The second-order valence-corrected chi connectivity index (χ2v) is 7.92. The Morgan fingerprint density at radius 1 is 0.848 bits per heavy atom. The molecule has 0 saturated heterocycles. The molecule has 0 radical (unpaired) electrons. The van der Waals surface area contributed by atoms with Crippen LogP contribution in [0.25, 0.3) is 33.4 Å². The summed E-state index contributed by atoms with van der Waals surface area (Å²) in [7, 11) is -0.786. The maximum atomic E-state index is 11.9. The largest absolute Gasteiger partial charge is 0.504 e. The minimum absolute atomic E-state index is 0. The Hall–Kier alpha value is -3.84. The van der Waals surface area contributed by atoms with Gasteiger partial charge in [-0.1, -0.05) is 12.1 Å². The van der Waals surface area contributed by atoms with Crippen molar-refractivity contribution in [1.82, 2.24) is 0 Å². The number of fused-ring (bicyclic) bond motifs is 2. The molecular formula is C21H21NO10S. The van der Waals surface area contributed by atoms with E-state index in [1.54, 1.807) is 0 Å². The first kappa shape index (κ1) is 25.4. The lowest BCUT2D eigenvalue weighted by atomic mass is 9.93. The van der Waals surface area contributed by atoms with Crippen LogP contribution in [0.5, 0.6) is 17.2 Å². The van der Waals surface area contributed by atoms with Gasteiger partial charge in [0.05, 0.1) is 0 Å². The summed E-state index contributed by atoms with van der Waals surface area (Å²) in [5.74, 6) is -0.707. The van der Waals surface area contributed by atoms with Gasteiger partial charge in [0.2, 0.25) is 5.43 Å². The highest BCUT2D eigenvalue weighted by atomic mass is 32.3. The first-order valence-corrected chi connectivity index (χ1v) is 10.4. The van der Waals surface area contributed by atoms with Gasteiger partial charge >= 0.3 is 10.4 Å². The molecule has 12 heteroatoms. The molecule has 1 aliphatic carbocycles. The highest BCUT2D eigenvalue weighted by Crippen LogP contribution is 2.44. The summed E-state index contributed by atoms with van der Waals surface area (Å²) >= 11 is 0. The zero-order valence-corrected chi connectivity index (χ0v) is 18.2. The molecule has 0 saturated carbocycles. The summed E-state index contributed by atoms with van der Waals surface area (Å²) in [6.07, 6.45) is 0. The van der Waals surface area contributed by atoms with Crippen LogP contribution in [-0.4, -0.2) is 52.4 Å². The first-order chi connectivity index (χ1) is 14.8. The lowest BCUT2D eigenvalue weighted by molar-refractivity contribution is 0.381. The summed E-state index contributed by atoms with van der Waals surface area (Å²) < 4.78 is 37.3. The zero-order valence-electron chi connectivity index (χ0n) is 17.3. The lowest BCUT2D eigenvalue weighted by Gasteiger charge is -2.17. The number of benzene rings is 3. The van der Waals surface area contributed by atoms with Gasteiger partial charge < -0.3 is 30.1 Å². The third-order valence-corrected chi connectivity index (χ3v) is 4.57. The molecule has 0 aromatic heterocycles. The number of anilines is 1. The third kappa shape index (κ3) is 5.70. The van der Waals surface area contributed by atoms with E-state index in [1.807, 2.05) is 43.3 Å². The van der Waals surface area contributed by atoms with Gasteiger partial charge in [-0.15, -0.1) is 0 Å². The van der Waals surface area contributed by atoms with Crippen LogP contribution in [0.2, 0.25) is 0 Å². The number of aromatic hydroxyl groups is 3. The van der Waals surface area contributed by atoms with Crippen molar-refractivity contribution in [2.24, 2.45) is 0 Å². The van der Waals surface area contributed by atoms with E-state index < -0.39 is 15.8 Å². The third-order valence-electron chi connectivity index (χ3n) is 4.57. The molecule has 0 bridgehead atoms. The van der Waals surface area contributed by atoms with Crippen LogP contribution in [0.15, 0.2) is 57.7 Å². The number of hydrogen-bond donors (Lipinski definition) is 5. The van der Waals surface area contributed by atoms with Gasteiger partial charge in [0.1, 0.15) is 11.3 Å². The van der Waals surface area contributed by atoms with Gasteiger partial charge in [-0.2, -0.15) is 8.42 Å². The van der Waals surface area contributed by atoms with Crippen molar-refractivity contribution >= 4 is 27.1 Å². The molecule has 33 heavy (non-hydrogen) atoms. The Bertz CT molecular complexity index is 1420. The maximum absolute atomic E-state index is 11.9. The fraction of sp³-hybridized carbons (Fsp3) is 0.0952. The lowest BCUT2D eigenvalue weighted by Crippen LogP contribution is -2.08. The molecule has 1 heterocycles. The van der Waals surface area contributed by atoms with Gasteiger partial charge in [0.25, 0.3) is 0 Å². The maximum Gasteiger partial charge on any atom is 0.394 e. The molecule has 0 spiro atoms. The highest BCUT2D eigenvalue weighted by molar-refractivity contribution is 7.79. The normalized spacial score (nSPS) is 10.9. The topological polar surface area (TPSA) is 200 Å². The molecule has 176 valence electrons. The summed E-state index contributed by atoms with van der Waals surface area (Å²) in [5, 5.41) is 30.3. The number of nitrogens with zero attached hydrogens (tertiary/aromatic N) is 1. The van der Waals surface area contributed by atoms with Crippen LogP contribution in [-0.2, 0) is 10.4 Å². The van der Waals surface area contributed by atoms with E-state index in [-0.39, 0.29) is 28.5 Å². The number of phenolic OH excluding ortho intramolecular Hbond substituents is 3. The van der Waals surface area contributed by atoms with Gasteiger partial charge in [0, 0.05) is 48.4 Å². The SMILES string of the molecule is CN(C)c1ccc(-c2c3cc(O)c(=O)cc-3oc3cc(O)c(O)cc23)cc1.O.O=S(=O)(O)O. The van der Waals surface area contributed by atoms with Crippen molar-refractivity contribution in [2.45, 2.75) is 0 Å². The molecule has 0 unspecified atom stereocenters. The molecule has 2 aliphatic rings. The molecule has 11 nitrogen and oxygen atoms in total. The standard InChI is InChI=1S/C21H17NO5.H2O4S.H2O/c1-22(2)12-5-3-11(4-6-12)21-13-7-15(23)17(25)9-19(13)27-20-10-18(26)16(24)8-14(20)21;1-5(2,3)4;/h3-10,23-25H,1-2H3;(H2,1,2,3,4);1H2. The summed E-state index contributed by atoms with van der Waals surface area (Å²) in [4.78, 5) is 13.8. The second kappa shape index (κ2) is 9.34. The first-order valence-electron chi connectivity index (χ1n) is 8.98. The van der Waals surface area contributed by atoms with Gasteiger partial charge in [-0.25, -0.2) is 0 Å². The van der Waals surface area contributed by atoms with Crippen molar-refractivity contribution < 1.29 is 42.7 Å². The number of phenols is 3. The predicted octanol–water partition coefficient (Wildman–Crippen LogP) is 2.27. The molecule has 0 amide bonds. The van der Waals surface area contributed by atoms with Crippen molar-refractivity contribution in [3.8, 4) is 39.7 Å². The van der Waals surface area contributed by atoms with Crippen molar-refractivity contribution in [3.05, 3.63) is 58.8 Å². The van der Waals surface area contributed by atoms with Crippen LogP contribution in [0.3, 0.4) is 0 Å². The highest BCUT2D eigenvalue weighted by Gasteiger charge is 2.20. The minimum Gasteiger partial charge on any atom is -0.504 e. The molecule has 2 aromatic rings. The summed E-state index contributed by atoms with van der Waals surface area (Å²) in [6, 6.07) is 13.0. The van der Waals surface area contributed by atoms with E-state index in [0.717, 1.165) is 11.3 Å². The van der Waals surface area contributed by atoms with Crippen LogP contribution >= 0.6 is 0 Å². The Balaban J connectivity index is 0.000000583. The Morgan fingerprint density at radius 3 is 1.94 bits per heavy atom. The molecule has 4 rings (SSSR count). The van der Waals surface area contributed by atoms with Gasteiger partial charge in [-0.3, -0.25) is 13.9 Å². The van der Waals surface area contributed by atoms with E-state index in [0.29, 0.717) is 22.1 Å².